The number of rotatable bonds is 2. The van der Waals surface area contributed by atoms with E-state index in [0.717, 1.165) is 29.1 Å². The summed E-state index contributed by atoms with van der Waals surface area (Å²) >= 11 is 1.72. The van der Waals surface area contributed by atoms with Crippen molar-refractivity contribution in [3.63, 3.8) is 0 Å². The molecular formula is C12H14F3NS. The first-order valence-electron chi connectivity index (χ1n) is 5.52. The van der Waals surface area contributed by atoms with E-state index < -0.39 is 12.2 Å². The van der Waals surface area contributed by atoms with Gasteiger partial charge in [-0.3, -0.25) is 0 Å². The lowest BCUT2D eigenvalue weighted by atomic mass is 10.0. The van der Waals surface area contributed by atoms with Crippen LogP contribution in [0.1, 0.15) is 23.6 Å². The standard InChI is InChI=1S/C12H14F3NS/c1-16-11(12(13,14)15)9-4-5-10-8(7-9)3-2-6-17-10/h4-5,7,11,16H,2-3,6H2,1H3. The minimum atomic E-state index is -4.25. The first-order chi connectivity index (χ1) is 8.02. The molecule has 1 aromatic carbocycles. The molecule has 1 heterocycles. The minimum absolute atomic E-state index is 0.307. The highest BCUT2D eigenvalue weighted by Crippen LogP contribution is 2.36. The predicted molar refractivity (Wildman–Crippen MR) is 63.3 cm³/mol. The first kappa shape index (κ1) is 12.8. The topological polar surface area (TPSA) is 12.0 Å². The van der Waals surface area contributed by atoms with E-state index >= 15 is 0 Å². The number of alkyl halides is 3. The molecule has 0 saturated carbocycles. The van der Waals surface area contributed by atoms with Gasteiger partial charge in [0, 0.05) is 4.90 Å². The molecule has 17 heavy (non-hydrogen) atoms. The second-order valence-electron chi connectivity index (χ2n) is 4.08. The van der Waals surface area contributed by atoms with Gasteiger partial charge in [-0.1, -0.05) is 12.1 Å². The molecular weight excluding hydrogens is 247 g/mol. The highest BCUT2D eigenvalue weighted by Gasteiger charge is 2.39. The van der Waals surface area contributed by atoms with Gasteiger partial charge in [-0.05, 0) is 42.8 Å². The molecule has 1 N–H and O–H groups in total. The zero-order valence-corrected chi connectivity index (χ0v) is 10.3. The van der Waals surface area contributed by atoms with Crippen LogP contribution in [0.5, 0.6) is 0 Å². The second kappa shape index (κ2) is 4.90. The van der Waals surface area contributed by atoms with E-state index in [2.05, 4.69) is 5.32 Å². The molecule has 0 fully saturated rings. The van der Waals surface area contributed by atoms with E-state index in [4.69, 9.17) is 0 Å². The largest absolute Gasteiger partial charge is 0.407 e. The Bertz CT molecular complexity index is 403. The maximum atomic E-state index is 12.8. The molecule has 1 nitrogen and oxygen atoms in total. The van der Waals surface area contributed by atoms with Crippen LogP contribution in [0.15, 0.2) is 23.1 Å². The summed E-state index contributed by atoms with van der Waals surface area (Å²) in [6.07, 6.45) is -2.33. The Balaban J connectivity index is 2.32. The minimum Gasteiger partial charge on any atom is -0.306 e. The van der Waals surface area contributed by atoms with E-state index in [1.165, 1.54) is 7.05 Å². The number of hydrogen-bond acceptors (Lipinski definition) is 2. The number of hydrogen-bond donors (Lipinski definition) is 1. The first-order valence-corrected chi connectivity index (χ1v) is 6.50. The Labute approximate surface area is 103 Å². The van der Waals surface area contributed by atoms with Crippen LogP contribution in [0.2, 0.25) is 0 Å². The summed E-state index contributed by atoms with van der Waals surface area (Å²) in [6.45, 7) is 0. The smallest absolute Gasteiger partial charge is 0.306 e. The number of halogens is 3. The second-order valence-corrected chi connectivity index (χ2v) is 5.22. The van der Waals surface area contributed by atoms with Crippen molar-refractivity contribution in [1.29, 1.82) is 0 Å². The average molecular weight is 261 g/mol. The van der Waals surface area contributed by atoms with Crippen LogP contribution in [-0.2, 0) is 6.42 Å². The van der Waals surface area contributed by atoms with Crippen LogP contribution in [0.25, 0.3) is 0 Å². The Kier molecular flexibility index (Phi) is 3.68. The lowest BCUT2D eigenvalue weighted by molar-refractivity contribution is -0.156. The van der Waals surface area contributed by atoms with Crippen LogP contribution < -0.4 is 5.32 Å². The van der Waals surface area contributed by atoms with Crippen LogP contribution in [0.4, 0.5) is 13.2 Å². The van der Waals surface area contributed by atoms with Crippen LogP contribution in [-0.4, -0.2) is 19.0 Å². The zero-order valence-electron chi connectivity index (χ0n) is 9.47. The van der Waals surface area contributed by atoms with Gasteiger partial charge >= 0.3 is 6.18 Å². The Morgan fingerprint density at radius 2 is 2.12 bits per heavy atom. The number of nitrogens with one attached hydrogen (secondary N) is 1. The number of aryl methyl sites for hydroxylation is 1. The summed E-state index contributed by atoms with van der Waals surface area (Å²) in [6, 6.07) is 3.51. The van der Waals surface area contributed by atoms with E-state index in [-0.39, 0.29) is 0 Å². The zero-order chi connectivity index (χ0) is 12.5. The van der Waals surface area contributed by atoms with Gasteiger partial charge in [0.25, 0.3) is 0 Å². The highest BCUT2D eigenvalue weighted by molar-refractivity contribution is 7.99. The molecule has 94 valence electrons. The predicted octanol–water partition coefficient (Wildman–Crippen LogP) is 3.55. The van der Waals surface area contributed by atoms with Gasteiger partial charge in [0.05, 0.1) is 0 Å². The van der Waals surface area contributed by atoms with Gasteiger partial charge in [-0.25, -0.2) is 0 Å². The summed E-state index contributed by atoms with van der Waals surface area (Å²) in [7, 11) is 1.34. The SMILES string of the molecule is CNC(c1ccc2c(c1)CCCS2)C(F)(F)F. The fourth-order valence-electron chi connectivity index (χ4n) is 2.08. The van der Waals surface area contributed by atoms with Crippen molar-refractivity contribution in [3.05, 3.63) is 29.3 Å². The normalized spacial score (nSPS) is 17.6. The molecule has 0 aromatic heterocycles. The lowest BCUT2D eigenvalue weighted by Gasteiger charge is -2.22. The summed E-state index contributed by atoms with van der Waals surface area (Å²) in [5.41, 5.74) is 1.35. The summed E-state index contributed by atoms with van der Waals surface area (Å²) in [4.78, 5) is 1.12. The molecule has 0 radical (unpaired) electrons. The molecule has 2 rings (SSSR count). The average Bonchev–Trinajstić information content (AvgIpc) is 2.28. The molecule has 1 aromatic rings. The van der Waals surface area contributed by atoms with Crippen molar-refractivity contribution in [2.45, 2.75) is 30.0 Å². The van der Waals surface area contributed by atoms with Crippen molar-refractivity contribution in [3.8, 4) is 0 Å². The molecule has 0 spiro atoms. The van der Waals surface area contributed by atoms with Crippen molar-refractivity contribution >= 4 is 11.8 Å². The molecule has 1 aliphatic heterocycles. The quantitative estimate of drug-likeness (QED) is 0.873. The van der Waals surface area contributed by atoms with Gasteiger partial charge in [-0.2, -0.15) is 13.2 Å². The molecule has 0 amide bonds. The third kappa shape index (κ3) is 2.77. The van der Waals surface area contributed by atoms with Crippen molar-refractivity contribution in [2.75, 3.05) is 12.8 Å². The summed E-state index contributed by atoms with van der Waals surface area (Å²) < 4.78 is 38.3. The van der Waals surface area contributed by atoms with Crippen LogP contribution >= 0.6 is 11.8 Å². The molecule has 1 unspecified atom stereocenters. The number of thioether (sulfide) groups is 1. The van der Waals surface area contributed by atoms with E-state index in [0.29, 0.717) is 5.56 Å². The van der Waals surface area contributed by atoms with Gasteiger partial charge in [0.1, 0.15) is 6.04 Å². The number of benzene rings is 1. The van der Waals surface area contributed by atoms with E-state index in [9.17, 15) is 13.2 Å². The van der Waals surface area contributed by atoms with E-state index in [1.54, 1.807) is 23.9 Å². The summed E-state index contributed by atoms with van der Waals surface area (Å²) in [5, 5.41) is 2.33. The van der Waals surface area contributed by atoms with Gasteiger partial charge < -0.3 is 5.32 Å². The van der Waals surface area contributed by atoms with Gasteiger partial charge in [0.15, 0.2) is 0 Å². The maximum Gasteiger partial charge on any atom is 0.407 e. The molecule has 1 atom stereocenters. The van der Waals surface area contributed by atoms with Crippen LogP contribution in [0, 0.1) is 0 Å². The Morgan fingerprint density at radius 3 is 2.76 bits per heavy atom. The van der Waals surface area contributed by atoms with Crippen molar-refractivity contribution < 1.29 is 13.2 Å². The van der Waals surface area contributed by atoms with Gasteiger partial charge in [0.2, 0.25) is 0 Å². The summed E-state index contributed by atoms with van der Waals surface area (Å²) in [5.74, 6) is 1.06. The molecule has 0 saturated heterocycles. The third-order valence-electron chi connectivity index (χ3n) is 2.88. The fraction of sp³-hybridized carbons (Fsp3) is 0.500. The van der Waals surface area contributed by atoms with E-state index in [1.807, 2.05) is 6.07 Å². The lowest BCUT2D eigenvalue weighted by Crippen LogP contribution is -2.31. The number of fused-ring (bicyclic) bond motifs is 1. The van der Waals surface area contributed by atoms with Crippen LogP contribution in [0.3, 0.4) is 0 Å². The Morgan fingerprint density at radius 1 is 1.35 bits per heavy atom. The Hall–Kier alpha value is -0.680. The molecule has 0 bridgehead atoms. The van der Waals surface area contributed by atoms with Crippen molar-refractivity contribution in [2.24, 2.45) is 0 Å². The molecule has 1 aliphatic rings. The third-order valence-corrected chi connectivity index (χ3v) is 4.08. The monoisotopic (exact) mass is 261 g/mol. The molecule has 5 heteroatoms. The maximum absolute atomic E-state index is 12.8. The van der Waals surface area contributed by atoms with Crippen molar-refractivity contribution in [1.82, 2.24) is 5.32 Å². The molecule has 0 aliphatic carbocycles. The fourth-order valence-corrected chi connectivity index (χ4v) is 3.10. The van der Waals surface area contributed by atoms with Gasteiger partial charge in [-0.15, -0.1) is 11.8 Å². The highest BCUT2D eigenvalue weighted by atomic mass is 32.2.